The van der Waals surface area contributed by atoms with E-state index in [-0.39, 0.29) is 11.5 Å². The van der Waals surface area contributed by atoms with Gasteiger partial charge in [-0.3, -0.25) is 9.78 Å². The van der Waals surface area contributed by atoms with Gasteiger partial charge in [-0.25, -0.2) is 4.98 Å². The van der Waals surface area contributed by atoms with E-state index in [2.05, 4.69) is 23.8 Å². The van der Waals surface area contributed by atoms with Crippen molar-refractivity contribution in [2.45, 2.75) is 19.8 Å². The average molecular weight is 206 g/mol. The summed E-state index contributed by atoms with van der Waals surface area (Å²) in [5.41, 5.74) is 7.66. The number of hydrogen-bond donors (Lipinski definition) is 2. The summed E-state index contributed by atoms with van der Waals surface area (Å²) in [6.07, 6.45) is 1.93. The van der Waals surface area contributed by atoms with E-state index in [0.29, 0.717) is 17.0 Å². The number of rotatable bonds is 1. The maximum absolute atomic E-state index is 11.7. The average Bonchev–Trinajstić information content (AvgIpc) is 2.42. The van der Waals surface area contributed by atoms with Gasteiger partial charge in [-0.05, 0) is 11.5 Å². The molecule has 2 aromatic rings. The van der Waals surface area contributed by atoms with Gasteiger partial charge in [0.2, 0.25) is 5.95 Å². The highest BCUT2D eigenvalue weighted by Crippen LogP contribution is 2.23. The summed E-state index contributed by atoms with van der Waals surface area (Å²) in [4.78, 5) is 18.3. The van der Waals surface area contributed by atoms with Gasteiger partial charge < -0.3 is 10.3 Å². The Labute approximate surface area is 86.9 Å². The van der Waals surface area contributed by atoms with Crippen molar-refractivity contribution >= 4 is 17.0 Å². The zero-order chi connectivity index (χ0) is 11.2. The van der Waals surface area contributed by atoms with Crippen molar-refractivity contribution in [2.75, 3.05) is 5.73 Å². The molecule has 0 fully saturated rings. The largest absolute Gasteiger partial charge is 0.369 e. The first-order valence-electron chi connectivity index (χ1n) is 4.85. The highest BCUT2D eigenvalue weighted by atomic mass is 16.1. The fourth-order valence-corrected chi connectivity index (χ4v) is 1.77. The SMILES string of the molecule is CC(C)c1cn(C)c2c(=O)[nH]c(N)nc12. The molecule has 5 heteroatoms. The maximum Gasteiger partial charge on any atom is 0.276 e. The predicted molar refractivity (Wildman–Crippen MR) is 59.8 cm³/mol. The van der Waals surface area contributed by atoms with E-state index >= 15 is 0 Å². The van der Waals surface area contributed by atoms with Gasteiger partial charge in [0.15, 0.2) is 0 Å². The molecule has 2 aromatic heterocycles. The lowest BCUT2D eigenvalue weighted by molar-refractivity contribution is 0.855. The molecule has 0 saturated carbocycles. The Morgan fingerprint density at radius 1 is 1.53 bits per heavy atom. The molecule has 0 radical (unpaired) electrons. The minimum atomic E-state index is -0.188. The number of nitrogens with one attached hydrogen (secondary N) is 1. The number of nitrogen functional groups attached to an aromatic ring is 1. The number of aryl methyl sites for hydroxylation is 1. The highest BCUT2D eigenvalue weighted by Gasteiger charge is 2.14. The lowest BCUT2D eigenvalue weighted by atomic mass is 10.1. The number of H-pyrrole nitrogens is 1. The third-order valence-electron chi connectivity index (χ3n) is 2.49. The summed E-state index contributed by atoms with van der Waals surface area (Å²) >= 11 is 0. The molecule has 0 aliphatic heterocycles. The standard InChI is InChI=1S/C10H14N4O/c1-5(2)6-4-14(3)8-7(6)12-10(11)13-9(8)15/h4-5H,1-3H3,(H3,11,12,13,15). The fraction of sp³-hybridized carbons (Fsp3) is 0.400. The molecule has 80 valence electrons. The van der Waals surface area contributed by atoms with E-state index in [1.807, 2.05) is 13.2 Å². The minimum Gasteiger partial charge on any atom is -0.369 e. The van der Waals surface area contributed by atoms with Gasteiger partial charge in [-0.15, -0.1) is 0 Å². The van der Waals surface area contributed by atoms with E-state index in [1.54, 1.807) is 4.57 Å². The molecule has 2 heterocycles. The van der Waals surface area contributed by atoms with E-state index in [9.17, 15) is 4.79 Å². The van der Waals surface area contributed by atoms with Gasteiger partial charge >= 0.3 is 0 Å². The van der Waals surface area contributed by atoms with Crippen molar-refractivity contribution in [1.29, 1.82) is 0 Å². The van der Waals surface area contributed by atoms with Crippen LogP contribution in [0.2, 0.25) is 0 Å². The van der Waals surface area contributed by atoms with Gasteiger partial charge in [0.1, 0.15) is 11.0 Å². The van der Waals surface area contributed by atoms with Crippen LogP contribution in [-0.2, 0) is 7.05 Å². The lowest BCUT2D eigenvalue weighted by Crippen LogP contribution is -2.13. The number of hydrogen-bond acceptors (Lipinski definition) is 3. The van der Waals surface area contributed by atoms with Crippen LogP contribution < -0.4 is 11.3 Å². The van der Waals surface area contributed by atoms with Crippen molar-refractivity contribution in [2.24, 2.45) is 7.05 Å². The Kier molecular flexibility index (Phi) is 2.03. The Morgan fingerprint density at radius 3 is 2.80 bits per heavy atom. The normalized spacial score (nSPS) is 11.5. The predicted octanol–water partition coefficient (Wildman–Crippen LogP) is 0.967. The van der Waals surface area contributed by atoms with Crippen LogP contribution in [0.25, 0.3) is 11.0 Å². The molecule has 0 aliphatic rings. The molecule has 15 heavy (non-hydrogen) atoms. The number of aromatic nitrogens is 3. The van der Waals surface area contributed by atoms with Crippen LogP contribution in [0.15, 0.2) is 11.0 Å². The molecule has 5 nitrogen and oxygen atoms in total. The Balaban J connectivity index is 2.93. The Morgan fingerprint density at radius 2 is 2.20 bits per heavy atom. The number of fused-ring (bicyclic) bond motifs is 1. The highest BCUT2D eigenvalue weighted by molar-refractivity contribution is 5.80. The molecular weight excluding hydrogens is 192 g/mol. The third kappa shape index (κ3) is 1.40. The van der Waals surface area contributed by atoms with Gasteiger partial charge in [-0.1, -0.05) is 13.8 Å². The molecular formula is C10H14N4O. The summed E-state index contributed by atoms with van der Waals surface area (Å²) in [7, 11) is 1.83. The molecule has 0 spiro atoms. The summed E-state index contributed by atoms with van der Waals surface area (Å²) in [6.45, 7) is 4.13. The van der Waals surface area contributed by atoms with Crippen molar-refractivity contribution in [1.82, 2.24) is 14.5 Å². The molecule has 0 atom stereocenters. The number of nitrogens with zero attached hydrogens (tertiary/aromatic N) is 2. The number of anilines is 1. The molecule has 0 aliphatic carbocycles. The van der Waals surface area contributed by atoms with Crippen LogP contribution in [0.3, 0.4) is 0 Å². The number of nitrogens with two attached hydrogens (primary N) is 1. The Hall–Kier alpha value is -1.78. The topological polar surface area (TPSA) is 76.7 Å². The van der Waals surface area contributed by atoms with E-state index in [4.69, 9.17) is 5.73 Å². The second kappa shape index (κ2) is 3.12. The third-order valence-corrected chi connectivity index (χ3v) is 2.49. The quantitative estimate of drug-likeness (QED) is 0.729. The zero-order valence-corrected chi connectivity index (χ0v) is 9.03. The molecule has 0 saturated heterocycles. The number of aromatic amines is 1. The molecule has 0 amide bonds. The second-order valence-electron chi connectivity index (χ2n) is 4.00. The minimum absolute atomic E-state index is 0.167. The fourth-order valence-electron chi connectivity index (χ4n) is 1.77. The van der Waals surface area contributed by atoms with Crippen LogP contribution >= 0.6 is 0 Å². The van der Waals surface area contributed by atoms with Crippen molar-refractivity contribution in [3.8, 4) is 0 Å². The van der Waals surface area contributed by atoms with Crippen molar-refractivity contribution < 1.29 is 0 Å². The van der Waals surface area contributed by atoms with Gasteiger partial charge in [0, 0.05) is 13.2 Å². The van der Waals surface area contributed by atoms with Crippen molar-refractivity contribution in [3.63, 3.8) is 0 Å². The first-order valence-corrected chi connectivity index (χ1v) is 4.85. The first kappa shape index (κ1) is 9.76. The van der Waals surface area contributed by atoms with E-state index in [1.165, 1.54) is 0 Å². The molecule has 0 aromatic carbocycles. The summed E-state index contributed by atoms with van der Waals surface area (Å²) in [5, 5.41) is 0. The molecule has 0 bridgehead atoms. The maximum atomic E-state index is 11.7. The molecule has 0 unspecified atom stereocenters. The second-order valence-corrected chi connectivity index (χ2v) is 4.00. The molecule has 3 N–H and O–H groups in total. The van der Waals surface area contributed by atoms with Crippen LogP contribution in [0.1, 0.15) is 25.3 Å². The van der Waals surface area contributed by atoms with Crippen LogP contribution in [-0.4, -0.2) is 14.5 Å². The van der Waals surface area contributed by atoms with Gasteiger partial charge in [-0.2, -0.15) is 0 Å². The summed E-state index contributed by atoms with van der Waals surface area (Å²) in [6, 6.07) is 0. The van der Waals surface area contributed by atoms with E-state index in [0.717, 1.165) is 5.56 Å². The van der Waals surface area contributed by atoms with Crippen LogP contribution in [0.5, 0.6) is 0 Å². The van der Waals surface area contributed by atoms with Gasteiger partial charge in [0.05, 0.1) is 0 Å². The summed E-state index contributed by atoms with van der Waals surface area (Å²) < 4.78 is 1.79. The smallest absolute Gasteiger partial charge is 0.276 e. The van der Waals surface area contributed by atoms with Crippen LogP contribution in [0, 0.1) is 0 Å². The summed E-state index contributed by atoms with van der Waals surface area (Å²) in [5.74, 6) is 0.489. The van der Waals surface area contributed by atoms with E-state index < -0.39 is 0 Å². The first-order chi connectivity index (χ1) is 7.00. The van der Waals surface area contributed by atoms with Gasteiger partial charge in [0.25, 0.3) is 5.56 Å². The zero-order valence-electron chi connectivity index (χ0n) is 9.03. The van der Waals surface area contributed by atoms with Crippen LogP contribution in [0.4, 0.5) is 5.95 Å². The Bertz CT molecular complexity index is 565. The van der Waals surface area contributed by atoms with Crippen molar-refractivity contribution in [3.05, 3.63) is 22.1 Å². The lowest BCUT2D eigenvalue weighted by Gasteiger charge is -2.01. The monoisotopic (exact) mass is 206 g/mol. The molecule has 2 rings (SSSR count).